The van der Waals surface area contributed by atoms with Crippen molar-refractivity contribution in [1.82, 2.24) is 20.9 Å². The largest absolute Gasteiger partial charge is 0.363 e. The standard InChI is InChI=1S/C28H41Cl2N5O5/c29-28(30)18-14-35(22(20(18)28)25(38)33-19(13-15-11-12-15)23(36)24(31)37)26(39)21(16-7-3-1-4-8-16)34-27(40)32-17-9-5-2-6-10-17/h15-22H,1-14H2,(H2,31,37)(H,33,38)(H2,32,34,40). The summed E-state index contributed by atoms with van der Waals surface area (Å²) in [7, 11) is 0. The Kier molecular flexibility index (Phi) is 8.86. The van der Waals surface area contributed by atoms with Crippen LogP contribution >= 0.6 is 23.2 Å². The van der Waals surface area contributed by atoms with Gasteiger partial charge in [0.05, 0.1) is 6.04 Å². The lowest BCUT2D eigenvalue weighted by molar-refractivity contribution is -0.144. The Labute approximate surface area is 245 Å². The van der Waals surface area contributed by atoms with Crippen LogP contribution in [-0.2, 0) is 19.2 Å². The first-order chi connectivity index (χ1) is 19.1. The fraction of sp³-hybridized carbons (Fsp3) is 0.821. The normalized spacial score (nSPS) is 29.6. The molecule has 0 aromatic rings. The van der Waals surface area contributed by atoms with Gasteiger partial charge in [0.1, 0.15) is 16.4 Å². The smallest absolute Gasteiger partial charge is 0.315 e. The zero-order chi connectivity index (χ0) is 28.6. The number of carbonyl (C=O) groups is 5. The van der Waals surface area contributed by atoms with Gasteiger partial charge in [0.25, 0.3) is 5.91 Å². The molecule has 1 heterocycles. The number of nitrogens with two attached hydrogens (primary N) is 1. The number of alkyl halides is 2. The van der Waals surface area contributed by atoms with Crippen LogP contribution < -0.4 is 21.7 Å². The number of ketones is 1. The number of hydrogen-bond acceptors (Lipinski definition) is 5. The lowest BCUT2D eigenvalue weighted by atomic mass is 9.83. The number of fused-ring (bicyclic) bond motifs is 1. The van der Waals surface area contributed by atoms with Crippen LogP contribution in [0.5, 0.6) is 0 Å². The molecule has 5 rings (SSSR count). The average Bonchev–Trinajstić information content (AvgIpc) is 3.79. The minimum Gasteiger partial charge on any atom is -0.363 e. The van der Waals surface area contributed by atoms with E-state index >= 15 is 0 Å². The molecule has 222 valence electrons. The molecule has 40 heavy (non-hydrogen) atoms. The fourth-order valence-corrected chi connectivity index (χ4v) is 7.95. The van der Waals surface area contributed by atoms with Crippen LogP contribution in [0.2, 0.25) is 0 Å². The molecule has 0 radical (unpaired) electrons. The molecule has 5 atom stereocenters. The topological polar surface area (TPSA) is 151 Å². The quantitative estimate of drug-likeness (QED) is 0.225. The highest BCUT2D eigenvalue weighted by Crippen LogP contribution is 2.65. The summed E-state index contributed by atoms with van der Waals surface area (Å²) in [4.78, 5) is 66.6. The second kappa shape index (κ2) is 12.0. The molecule has 4 saturated carbocycles. The average molecular weight is 599 g/mol. The van der Waals surface area contributed by atoms with Crippen LogP contribution in [-0.4, -0.2) is 69.5 Å². The van der Waals surface area contributed by atoms with Gasteiger partial charge in [0.2, 0.25) is 17.6 Å². The highest BCUT2D eigenvalue weighted by molar-refractivity contribution is 6.51. The van der Waals surface area contributed by atoms with Crippen LogP contribution in [0.25, 0.3) is 0 Å². The maximum atomic E-state index is 14.2. The Balaban J connectivity index is 1.33. The predicted molar refractivity (Wildman–Crippen MR) is 149 cm³/mol. The van der Waals surface area contributed by atoms with Crippen molar-refractivity contribution in [3.8, 4) is 0 Å². The Hall–Kier alpha value is -2.07. The third kappa shape index (κ3) is 6.37. The van der Waals surface area contributed by atoms with E-state index in [9.17, 15) is 24.0 Å². The molecule has 12 heteroatoms. The number of rotatable bonds is 10. The maximum absolute atomic E-state index is 14.2. The molecule has 10 nitrogen and oxygen atoms in total. The minimum atomic E-state index is -1.16. The minimum absolute atomic E-state index is 0.0465. The van der Waals surface area contributed by atoms with Gasteiger partial charge in [0, 0.05) is 24.4 Å². The first-order valence-corrected chi connectivity index (χ1v) is 15.7. The molecule has 5 amide bonds. The number of nitrogens with one attached hydrogen (secondary N) is 3. The van der Waals surface area contributed by atoms with Gasteiger partial charge in [-0.2, -0.15) is 0 Å². The summed E-state index contributed by atoms with van der Waals surface area (Å²) in [5, 5.41) is 8.73. The van der Waals surface area contributed by atoms with E-state index in [1.54, 1.807) is 0 Å². The monoisotopic (exact) mass is 597 g/mol. The van der Waals surface area contributed by atoms with Crippen molar-refractivity contribution in [3.05, 3.63) is 0 Å². The second-order valence-electron chi connectivity index (χ2n) is 12.5. The number of Topliss-reactive ketones (excluding diaryl/α,β-unsaturated/α-hetero) is 1. The van der Waals surface area contributed by atoms with Crippen molar-refractivity contribution in [2.24, 2.45) is 29.4 Å². The van der Waals surface area contributed by atoms with Gasteiger partial charge in [-0.05, 0) is 43.9 Å². The molecule has 4 aliphatic carbocycles. The molecule has 0 bridgehead atoms. The van der Waals surface area contributed by atoms with Gasteiger partial charge in [-0.15, -0.1) is 23.2 Å². The molecular formula is C28H41Cl2N5O5. The first-order valence-electron chi connectivity index (χ1n) is 15.0. The Bertz CT molecular complexity index is 1020. The summed E-state index contributed by atoms with van der Waals surface area (Å²) < 4.78 is -1.16. The van der Waals surface area contributed by atoms with E-state index in [1.165, 1.54) is 11.3 Å². The third-order valence-electron chi connectivity index (χ3n) is 9.64. The third-order valence-corrected chi connectivity index (χ3v) is 10.7. The lowest BCUT2D eigenvalue weighted by Gasteiger charge is -2.37. The molecule has 5 unspecified atom stereocenters. The van der Waals surface area contributed by atoms with E-state index in [0.717, 1.165) is 70.6 Å². The number of likely N-dealkylation sites (tertiary alicyclic amines) is 1. The van der Waals surface area contributed by atoms with E-state index in [0.29, 0.717) is 6.42 Å². The van der Waals surface area contributed by atoms with Crippen molar-refractivity contribution in [1.29, 1.82) is 0 Å². The maximum Gasteiger partial charge on any atom is 0.315 e. The van der Waals surface area contributed by atoms with Crippen LogP contribution in [0.4, 0.5) is 4.79 Å². The number of halogens is 2. The van der Waals surface area contributed by atoms with Gasteiger partial charge >= 0.3 is 6.03 Å². The molecule has 0 spiro atoms. The molecule has 5 fully saturated rings. The Morgan fingerprint density at radius 3 is 2.10 bits per heavy atom. The Morgan fingerprint density at radius 2 is 1.50 bits per heavy atom. The molecule has 1 aliphatic heterocycles. The van der Waals surface area contributed by atoms with Crippen LogP contribution in [0.15, 0.2) is 0 Å². The van der Waals surface area contributed by atoms with Gasteiger partial charge in [0.15, 0.2) is 0 Å². The molecular weight excluding hydrogens is 557 g/mol. The summed E-state index contributed by atoms with van der Waals surface area (Å²) in [5.74, 6) is -3.47. The number of piperidine rings is 1. The van der Waals surface area contributed by atoms with Crippen molar-refractivity contribution >= 4 is 52.7 Å². The molecule has 0 aromatic carbocycles. The van der Waals surface area contributed by atoms with E-state index in [-0.39, 0.29) is 42.3 Å². The highest BCUT2D eigenvalue weighted by Gasteiger charge is 2.74. The Morgan fingerprint density at radius 1 is 0.875 bits per heavy atom. The first kappa shape index (κ1) is 29.4. The highest BCUT2D eigenvalue weighted by atomic mass is 35.5. The summed E-state index contributed by atoms with van der Waals surface area (Å²) >= 11 is 13.0. The summed E-state index contributed by atoms with van der Waals surface area (Å²) in [6.45, 7) is 0.181. The van der Waals surface area contributed by atoms with Crippen molar-refractivity contribution in [3.63, 3.8) is 0 Å². The van der Waals surface area contributed by atoms with Gasteiger partial charge < -0.3 is 26.6 Å². The number of urea groups is 1. The summed E-state index contributed by atoms with van der Waals surface area (Å²) in [5.41, 5.74) is 5.26. The number of primary amides is 1. The van der Waals surface area contributed by atoms with Crippen molar-refractivity contribution < 1.29 is 24.0 Å². The summed E-state index contributed by atoms with van der Waals surface area (Å²) in [6.07, 6.45) is 12.0. The molecule has 1 saturated heterocycles. The van der Waals surface area contributed by atoms with Gasteiger partial charge in [-0.25, -0.2) is 4.79 Å². The number of carbonyl (C=O) groups excluding carboxylic acids is 5. The van der Waals surface area contributed by atoms with E-state index in [2.05, 4.69) is 16.0 Å². The second-order valence-corrected chi connectivity index (χ2v) is 14.0. The number of amides is 5. The number of hydrogen-bond donors (Lipinski definition) is 4. The fourth-order valence-electron chi connectivity index (χ4n) is 7.12. The SMILES string of the molecule is NC(=O)C(=O)C(CC1CC1)NC(=O)C1C2C(CN1C(=O)C(NC(=O)NC1CCCCC1)C1CCCCC1)C2(Cl)Cl. The van der Waals surface area contributed by atoms with Crippen LogP contribution in [0.1, 0.15) is 83.5 Å². The number of nitrogens with zero attached hydrogens (tertiary/aromatic N) is 1. The summed E-state index contributed by atoms with van der Waals surface area (Å²) in [6, 6.07) is -3.12. The van der Waals surface area contributed by atoms with E-state index in [4.69, 9.17) is 28.9 Å². The molecule has 5 aliphatic rings. The predicted octanol–water partition coefficient (Wildman–Crippen LogP) is 2.54. The van der Waals surface area contributed by atoms with Gasteiger partial charge in [-0.1, -0.05) is 51.4 Å². The lowest BCUT2D eigenvalue weighted by Crippen LogP contribution is -2.60. The molecule has 5 N–H and O–H groups in total. The van der Waals surface area contributed by atoms with E-state index in [1.807, 2.05) is 0 Å². The van der Waals surface area contributed by atoms with Gasteiger partial charge in [-0.3, -0.25) is 19.2 Å². The van der Waals surface area contributed by atoms with Crippen molar-refractivity contribution in [2.45, 2.75) is 112 Å². The van der Waals surface area contributed by atoms with E-state index < -0.39 is 46.0 Å². The van der Waals surface area contributed by atoms with Crippen LogP contribution in [0, 0.1) is 23.7 Å². The molecule has 0 aromatic heterocycles. The zero-order valence-electron chi connectivity index (χ0n) is 22.8. The zero-order valence-corrected chi connectivity index (χ0v) is 24.4. The van der Waals surface area contributed by atoms with Crippen molar-refractivity contribution in [2.75, 3.05) is 6.54 Å². The van der Waals surface area contributed by atoms with Crippen LogP contribution in [0.3, 0.4) is 0 Å².